The smallest absolute Gasteiger partial charge is 0.0472 e. The molecular weight excluding hydrogens is 220 g/mol. The standard InChI is InChI=1S/C12H26N2OS/c1-11(8-16-3)14(2)10-12(9-13)4-6-15-7-5-12/h11H,4-10,13H2,1-3H3. The van der Waals surface area contributed by atoms with Gasteiger partial charge in [-0.25, -0.2) is 0 Å². The molecule has 1 atom stereocenters. The Morgan fingerprint density at radius 2 is 2.06 bits per heavy atom. The fourth-order valence-corrected chi connectivity index (χ4v) is 3.02. The summed E-state index contributed by atoms with van der Waals surface area (Å²) in [5.74, 6) is 1.19. The second kappa shape index (κ2) is 6.84. The van der Waals surface area contributed by atoms with Crippen molar-refractivity contribution < 1.29 is 4.74 Å². The van der Waals surface area contributed by atoms with Crippen LogP contribution in [0.3, 0.4) is 0 Å². The van der Waals surface area contributed by atoms with Crippen molar-refractivity contribution >= 4 is 11.8 Å². The van der Waals surface area contributed by atoms with E-state index in [-0.39, 0.29) is 0 Å². The van der Waals surface area contributed by atoms with Crippen LogP contribution >= 0.6 is 11.8 Å². The van der Waals surface area contributed by atoms with Crippen molar-refractivity contribution in [1.82, 2.24) is 4.90 Å². The number of hydrogen-bond acceptors (Lipinski definition) is 4. The molecule has 0 saturated carbocycles. The van der Waals surface area contributed by atoms with E-state index < -0.39 is 0 Å². The molecular formula is C12H26N2OS. The molecule has 0 radical (unpaired) electrons. The highest BCUT2D eigenvalue weighted by Crippen LogP contribution is 2.30. The van der Waals surface area contributed by atoms with Crippen molar-refractivity contribution in [1.29, 1.82) is 0 Å². The van der Waals surface area contributed by atoms with Gasteiger partial charge in [-0.1, -0.05) is 0 Å². The third kappa shape index (κ3) is 3.91. The highest BCUT2D eigenvalue weighted by Gasteiger charge is 2.33. The third-order valence-corrected chi connectivity index (χ3v) is 4.55. The average molecular weight is 246 g/mol. The Morgan fingerprint density at radius 3 is 2.56 bits per heavy atom. The summed E-state index contributed by atoms with van der Waals surface area (Å²) in [4.78, 5) is 2.45. The predicted octanol–water partition coefficient (Wildman–Crippen LogP) is 1.43. The van der Waals surface area contributed by atoms with Gasteiger partial charge in [0, 0.05) is 31.6 Å². The Balaban J connectivity index is 2.48. The predicted molar refractivity (Wildman–Crippen MR) is 72.0 cm³/mol. The molecule has 0 aromatic carbocycles. The van der Waals surface area contributed by atoms with E-state index in [4.69, 9.17) is 10.5 Å². The van der Waals surface area contributed by atoms with Crippen molar-refractivity contribution in [3.05, 3.63) is 0 Å². The van der Waals surface area contributed by atoms with E-state index >= 15 is 0 Å². The largest absolute Gasteiger partial charge is 0.381 e. The highest BCUT2D eigenvalue weighted by molar-refractivity contribution is 7.98. The van der Waals surface area contributed by atoms with Crippen molar-refractivity contribution in [3.8, 4) is 0 Å². The van der Waals surface area contributed by atoms with Crippen LogP contribution in [0.4, 0.5) is 0 Å². The maximum absolute atomic E-state index is 5.97. The second-order valence-electron chi connectivity index (χ2n) is 5.04. The van der Waals surface area contributed by atoms with Gasteiger partial charge in [-0.2, -0.15) is 11.8 Å². The van der Waals surface area contributed by atoms with E-state index in [1.54, 1.807) is 0 Å². The monoisotopic (exact) mass is 246 g/mol. The highest BCUT2D eigenvalue weighted by atomic mass is 32.2. The first kappa shape index (κ1) is 14.3. The zero-order valence-electron chi connectivity index (χ0n) is 10.9. The molecule has 1 heterocycles. The van der Waals surface area contributed by atoms with Crippen LogP contribution in [0.2, 0.25) is 0 Å². The van der Waals surface area contributed by atoms with E-state index in [1.165, 1.54) is 5.75 Å². The molecule has 0 aromatic rings. The van der Waals surface area contributed by atoms with Crippen molar-refractivity contribution in [2.45, 2.75) is 25.8 Å². The summed E-state index contributed by atoms with van der Waals surface area (Å²) in [7, 11) is 2.22. The first-order valence-electron chi connectivity index (χ1n) is 6.10. The summed E-state index contributed by atoms with van der Waals surface area (Å²) in [5, 5.41) is 0. The van der Waals surface area contributed by atoms with Gasteiger partial charge in [-0.3, -0.25) is 0 Å². The minimum absolute atomic E-state index is 0.291. The Hall–Kier alpha value is 0.230. The van der Waals surface area contributed by atoms with E-state index in [0.29, 0.717) is 11.5 Å². The Morgan fingerprint density at radius 1 is 1.44 bits per heavy atom. The molecule has 3 nitrogen and oxygen atoms in total. The summed E-state index contributed by atoms with van der Waals surface area (Å²) < 4.78 is 5.44. The van der Waals surface area contributed by atoms with E-state index in [2.05, 4.69) is 25.1 Å². The van der Waals surface area contributed by atoms with Crippen molar-refractivity contribution in [2.24, 2.45) is 11.1 Å². The Labute approximate surface area is 104 Å². The zero-order chi connectivity index (χ0) is 12.0. The van der Waals surface area contributed by atoms with Gasteiger partial charge in [0.1, 0.15) is 0 Å². The Bertz CT molecular complexity index is 195. The summed E-state index contributed by atoms with van der Waals surface area (Å²) >= 11 is 1.91. The maximum Gasteiger partial charge on any atom is 0.0472 e. The van der Waals surface area contributed by atoms with Crippen LogP contribution in [0.1, 0.15) is 19.8 Å². The quantitative estimate of drug-likeness (QED) is 0.769. The van der Waals surface area contributed by atoms with Crippen LogP contribution < -0.4 is 5.73 Å². The maximum atomic E-state index is 5.97. The average Bonchev–Trinajstić information content (AvgIpc) is 2.30. The third-order valence-electron chi connectivity index (χ3n) is 3.73. The Kier molecular flexibility index (Phi) is 6.11. The lowest BCUT2D eigenvalue weighted by Crippen LogP contribution is -2.47. The number of nitrogens with zero attached hydrogens (tertiary/aromatic N) is 1. The molecule has 1 saturated heterocycles. The fraction of sp³-hybridized carbons (Fsp3) is 1.00. The molecule has 1 fully saturated rings. The van der Waals surface area contributed by atoms with Crippen LogP contribution in [-0.2, 0) is 4.74 Å². The summed E-state index contributed by atoms with van der Waals surface area (Å²) in [6, 6.07) is 0.626. The summed E-state index contributed by atoms with van der Waals surface area (Å²) in [5.41, 5.74) is 6.26. The first-order chi connectivity index (χ1) is 7.63. The van der Waals surface area contributed by atoms with Gasteiger partial charge in [0.15, 0.2) is 0 Å². The molecule has 1 rings (SSSR count). The number of nitrogens with two attached hydrogens (primary N) is 1. The molecule has 1 unspecified atom stereocenters. The normalized spacial score (nSPS) is 22.3. The van der Waals surface area contributed by atoms with Crippen LogP contribution in [-0.4, -0.2) is 56.3 Å². The molecule has 0 aromatic heterocycles. The van der Waals surface area contributed by atoms with Crippen molar-refractivity contribution in [2.75, 3.05) is 45.4 Å². The lowest BCUT2D eigenvalue weighted by molar-refractivity contribution is -0.0000554. The van der Waals surface area contributed by atoms with Crippen molar-refractivity contribution in [3.63, 3.8) is 0 Å². The minimum atomic E-state index is 0.291. The molecule has 0 aliphatic carbocycles. The molecule has 0 bridgehead atoms. The van der Waals surface area contributed by atoms with Crippen LogP contribution in [0.25, 0.3) is 0 Å². The SMILES string of the molecule is CSCC(C)N(C)CC1(CN)CCOCC1. The van der Waals surface area contributed by atoms with Crippen LogP contribution in [0.5, 0.6) is 0 Å². The van der Waals surface area contributed by atoms with Crippen LogP contribution in [0, 0.1) is 5.41 Å². The summed E-state index contributed by atoms with van der Waals surface area (Å²) in [6.07, 6.45) is 4.39. The van der Waals surface area contributed by atoms with E-state index in [9.17, 15) is 0 Å². The fourth-order valence-electron chi connectivity index (χ4n) is 2.28. The van der Waals surface area contributed by atoms with Gasteiger partial charge in [0.25, 0.3) is 0 Å². The lowest BCUT2D eigenvalue weighted by atomic mass is 9.79. The van der Waals surface area contributed by atoms with Gasteiger partial charge in [-0.05, 0) is 45.0 Å². The molecule has 0 spiro atoms. The molecule has 16 heavy (non-hydrogen) atoms. The lowest BCUT2D eigenvalue weighted by Gasteiger charge is -2.40. The van der Waals surface area contributed by atoms with Gasteiger partial charge < -0.3 is 15.4 Å². The molecule has 1 aliphatic heterocycles. The van der Waals surface area contributed by atoms with Gasteiger partial charge >= 0.3 is 0 Å². The molecule has 96 valence electrons. The number of ether oxygens (including phenoxy) is 1. The number of thioether (sulfide) groups is 1. The molecule has 4 heteroatoms. The molecule has 2 N–H and O–H groups in total. The first-order valence-corrected chi connectivity index (χ1v) is 7.50. The van der Waals surface area contributed by atoms with Gasteiger partial charge in [0.05, 0.1) is 0 Å². The van der Waals surface area contributed by atoms with Gasteiger partial charge in [-0.15, -0.1) is 0 Å². The van der Waals surface area contributed by atoms with E-state index in [0.717, 1.165) is 39.1 Å². The number of hydrogen-bond donors (Lipinski definition) is 1. The van der Waals surface area contributed by atoms with E-state index in [1.807, 2.05) is 11.8 Å². The molecule has 0 amide bonds. The minimum Gasteiger partial charge on any atom is -0.381 e. The zero-order valence-corrected chi connectivity index (χ0v) is 11.7. The number of rotatable bonds is 6. The second-order valence-corrected chi connectivity index (χ2v) is 5.95. The molecule has 1 aliphatic rings. The van der Waals surface area contributed by atoms with Crippen LogP contribution in [0.15, 0.2) is 0 Å². The topological polar surface area (TPSA) is 38.5 Å². The summed E-state index contributed by atoms with van der Waals surface area (Å²) in [6.45, 7) is 5.94. The van der Waals surface area contributed by atoms with Gasteiger partial charge in [0.2, 0.25) is 0 Å².